The number of ether oxygens (including phenoxy) is 4. The molecule has 2 unspecified atom stereocenters. The normalized spacial score (nSPS) is 19.9. The summed E-state index contributed by atoms with van der Waals surface area (Å²) < 4.78 is 22.4. The van der Waals surface area contributed by atoms with Crippen LogP contribution in [-0.4, -0.2) is 40.9 Å². The second kappa shape index (κ2) is 15.0. The van der Waals surface area contributed by atoms with Gasteiger partial charge in [0.25, 0.3) is 0 Å². The molecule has 2 aromatic heterocycles. The molecule has 2 saturated heterocycles. The maximum atomic E-state index is 9.30. The fraction of sp³-hybridized carbons (Fsp3) is 0.556. The van der Waals surface area contributed by atoms with Crippen LogP contribution in [0.2, 0.25) is 10.0 Å². The minimum atomic E-state index is -0.164. The van der Waals surface area contributed by atoms with E-state index in [4.69, 9.17) is 42.1 Å². The van der Waals surface area contributed by atoms with E-state index in [0.717, 1.165) is 79.9 Å². The SMILES string of the molecule is C=Cc1nc(C)cc(Cl)c1COC1CCCCO1.Cc1cc(Cl)c(COC2CCCCO2)c(CO)n1. The van der Waals surface area contributed by atoms with Gasteiger partial charge >= 0.3 is 0 Å². The van der Waals surface area contributed by atoms with Crippen molar-refractivity contribution in [3.05, 3.63) is 62.7 Å². The van der Waals surface area contributed by atoms with E-state index >= 15 is 0 Å². The van der Waals surface area contributed by atoms with Crippen molar-refractivity contribution in [3.63, 3.8) is 0 Å². The summed E-state index contributed by atoms with van der Waals surface area (Å²) in [6.07, 6.45) is 7.76. The zero-order valence-corrected chi connectivity index (χ0v) is 22.6. The number of pyridine rings is 2. The quantitative estimate of drug-likeness (QED) is 0.421. The molecule has 1 N–H and O–H groups in total. The summed E-state index contributed by atoms with van der Waals surface area (Å²) in [6, 6.07) is 3.62. The Morgan fingerprint density at radius 2 is 1.44 bits per heavy atom. The predicted octanol–water partition coefficient (Wildman–Crippen LogP) is 6.31. The van der Waals surface area contributed by atoms with Crippen molar-refractivity contribution in [2.24, 2.45) is 0 Å². The predicted molar refractivity (Wildman–Crippen MR) is 141 cm³/mol. The topological polar surface area (TPSA) is 82.9 Å². The zero-order valence-electron chi connectivity index (χ0n) is 21.1. The number of aryl methyl sites for hydroxylation is 2. The number of aromatic nitrogens is 2. The molecule has 198 valence electrons. The van der Waals surface area contributed by atoms with Crippen molar-refractivity contribution in [1.29, 1.82) is 0 Å². The molecule has 0 spiro atoms. The number of rotatable bonds is 8. The van der Waals surface area contributed by atoms with Gasteiger partial charge < -0.3 is 24.1 Å². The molecular formula is C27H36Cl2N2O5. The lowest BCUT2D eigenvalue weighted by Crippen LogP contribution is -2.22. The van der Waals surface area contributed by atoms with E-state index in [1.807, 2.05) is 19.9 Å². The third-order valence-electron chi connectivity index (χ3n) is 5.96. The molecule has 0 aromatic carbocycles. The molecular weight excluding hydrogens is 503 g/mol. The highest BCUT2D eigenvalue weighted by Crippen LogP contribution is 2.25. The van der Waals surface area contributed by atoms with Gasteiger partial charge in [-0.2, -0.15) is 0 Å². The first-order valence-electron chi connectivity index (χ1n) is 12.4. The van der Waals surface area contributed by atoms with Crippen LogP contribution in [0.25, 0.3) is 6.08 Å². The van der Waals surface area contributed by atoms with Gasteiger partial charge in [0, 0.05) is 40.8 Å². The third-order valence-corrected chi connectivity index (χ3v) is 6.63. The van der Waals surface area contributed by atoms with Gasteiger partial charge in [-0.3, -0.25) is 9.97 Å². The molecule has 2 atom stereocenters. The molecule has 2 aliphatic rings. The highest BCUT2D eigenvalue weighted by molar-refractivity contribution is 6.31. The van der Waals surface area contributed by atoms with Gasteiger partial charge in [0.1, 0.15) is 0 Å². The first-order chi connectivity index (χ1) is 17.4. The van der Waals surface area contributed by atoms with E-state index in [-0.39, 0.29) is 19.2 Å². The van der Waals surface area contributed by atoms with Crippen molar-refractivity contribution in [1.82, 2.24) is 9.97 Å². The highest BCUT2D eigenvalue weighted by atomic mass is 35.5. The van der Waals surface area contributed by atoms with E-state index in [1.165, 1.54) is 0 Å². The van der Waals surface area contributed by atoms with E-state index in [0.29, 0.717) is 29.0 Å². The Morgan fingerprint density at radius 1 is 0.917 bits per heavy atom. The first-order valence-corrected chi connectivity index (χ1v) is 13.2. The van der Waals surface area contributed by atoms with Crippen molar-refractivity contribution >= 4 is 29.3 Å². The number of halogens is 2. The molecule has 4 heterocycles. The molecule has 0 radical (unpaired) electrons. The molecule has 9 heteroatoms. The third kappa shape index (κ3) is 8.77. The minimum Gasteiger partial charge on any atom is -0.390 e. The van der Waals surface area contributed by atoms with E-state index < -0.39 is 0 Å². The average molecular weight is 540 g/mol. The van der Waals surface area contributed by atoms with Gasteiger partial charge in [0.15, 0.2) is 12.6 Å². The molecule has 0 aliphatic carbocycles. The Bertz CT molecular complexity index is 993. The number of aliphatic hydroxyl groups excluding tert-OH is 1. The Labute approximate surface area is 223 Å². The van der Waals surface area contributed by atoms with Crippen LogP contribution < -0.4 is 0 Å². The number of hydrogen-bond donors (Lipinski definition) is 1. The van der Waals surface area contributed by atoms with Crippen LogP contribution in [0.1, 0.15) is 72.4 Å². The van der Waals surface area contributed by atoms with Gasteiger partial charge in [0.05, 0.1) is 36.2 Å². The Hall–Kier alpha value is -1.58. The molecule has 2 fully saturated rings. The second-order valence-electron chi connectivity index (χ2n) is 8.86. The summed E-state index contributed by atoms with van der Waals surface area (Å²) in [4.78, 5) is 8.65. The lowest BCUT2D eigenvalue weighted by atomic mass is 10.1. The smallest absolute Gasteiger partial charge is 0.158 e. The molecule has 0 saturated carbocycles. The maximum Gasteiger partial charge on any atom is 0.158 e. The van der Waals surface area contributed by atoms with Crippen LogP contribution in [0.5, 0.6) is 0 Å². The number of hydrogen-bond acceptors (Lipinski definition) is 7. The van der Waals surface area contributed by atoms with Gasteiger partial charge in [-0.25, -0.2) is 0 Å². The van der Waals surface area contributed by atoms with Crippen LogP contribution >= 0.6 is 23.2 Å². The largest absolute Gasteiger partial charge is 0.390 e. The molecule has 4 rings (SSSR count). The van der Waals surface area contributed by atoms with Gasteiger partial charge in [-0.05, 0) is 70.6 Å². The van der Waals surface area contributed by atoms with Crippen LogP contribution in [-0.2, 0) is 38.8 Å². The number of aliphatic hydroxyl groups is 1. The fourth-order valence-electron chi connectivity index (χ4n) is 4.04. The molecule has 7 nitrogen and oxygen atoms in total. The maximum absolute atomic E-state index is 9.30. The Kier molecular flexibility index (Phi) is 12.1. The van der Waals surface area contributed by atoms with Crippen LogP contribution in [0.4, 0.5) is 0 Å². The lowest BCUT2D eigenvalue weighted by Gasteiger charge is -2.23. The summed E-state index contributed by atoms with van der Waals surface area (Å²) in [5.41, 5.74) is 4.67. The Balaban J connectivity index is 0.000000201. The fourth-order valence-corrected chi connectivity index (χ4v) is 4.67. The van der Waals surface area contributed by atoms with Crippen LogP contribution in [0, 0.1) is 13.8 Å². The van der Waals surface area contributed by atoms with Gasteiger partial charge in [0.2, 0.25) is 0 Å². The lowest BCUT2D eigenvalue weighted by molar-refractivity contribution is -0.169. The van der Waals surface area contributed by atoms with Crippen molar-refractivity contribution < 1.29 is 24.1 Å². The summed E-state index contributed by atoms with van der Waals surface area (Å²) in [6.45, 7) is 9.65. The van der Waals surface area contributed by atoms with E-state index in [2.05, 4.69) is 16.5 Å². The molecule has 0 amide bonds. The highest BCUT2D eigenvalue weighted by Gasteiger charge is 2.18. The molecule has 2 aliphatic heterocycles. The average Bonchev–Trinajstić information content (AvgIpc) is 2.88. The molecule has 0 bridgehead atoms. The monoisotopic (exact) mass is 538 g/mol. The van der Waals surface area contributed by atoms with E-state index in [1.54, 1.807) is 12.1 Å². The molecule has 36 heavy (non-hydrogen) atoms. The molecule has 2 aromatic rings. The van der Waals surface area contributed by atoms with Crippen molar-refractivity contribution in [3.8, 4) is 0 Å². The summed E-state index contributed by atoms with van der Waals surface area (Å²) >= 11 is 12.4. The minimum absolute atomic E-state index is 0.117. The number of nitrogens with zero attached hydrogens (tertiary/aromatic N) is 2. The Morgan fingerprint density at radius 3 is 1.94 bits per heavy atom. The second-order valence-corrected chi connectivity index (χ2v) is 9.67. The summed E-state index contributed by atoms with van der Waals surface area (Å²) in [7, 11) is 0. The van der Waals surface area contributed by atoms with Gasteiger partial charge in [-0.1, -0.05) is 29.8 Å². The summed E-state index contributed by atoms with van der Waals surface area (Å²) in [5.74, 6) is 0. The first kappa shape index (κ1) is 29.0. The van der Waals surface area contributed by atoms with Crippen LogP contribution in [0.3, 0.4) is 0 Å². The van der Waals surface area contributed by atoms with Crippen molar-refractivity contribution in [2.75, 3.05) is 13.2 Å². The standard InChI is InChI=1S/C14H18ClNO2.C13H18ClNO3/c1-3-13-11(12(15)8-10(2)16-13)9-18-14-6-4-5-7-17-14;1-9-6-11(14)10(12(7-16)15-9)8-18-13-4-2-3-5-17-13/h3,8,14H,1,4-7,9H2,2H3;6,13,16H,2-5,7-8H2,1H3. The van der Waals surface area contributed by atoms with Gasteiger partial charge in [-0.15, -0.1) is 0 Å². The van der Waals surface area contributed by atoms with Crippen LogP contribution in [0.15, 0.2) is 18.7 Å². The van der Waals surface area contributed by atoms with E-state index in [9.17, 15) is 5.11 Å². The van der Waals surface area contributed by atoms with Crippen molar-refractivity contribution in [2.45, 2.75) is 84.8 Å². The zero-order chi connectivity index (χ0) is 25.9. The summed E-state index contributed by atoms with van der Waals surface area (Å²) in [5, 5.41) is 10.6.